The third-order valence-corrected chi connectivity index (χ3v) is 5.28. The van der Waals surface area contributed by atoms with Gasteiger partial charge in [-0.25, -0.2) is 0 Å². The lowest BCUT2D eigenvalue weighted by molar-refractivity contribution is 0.247. The fourth-order valence-corrected chi connectivity index (χ4v) is 4.30. The molecule has 3 unspecified atom stereocenters. The van der Waals surface area contributed by atoms with Crippen LogP contribution in [-0.4, -0.2) is 11.5 Å². The summed E-state index contributed by atoms with van der Waals surface area (Å²) in [6.45, 7) is 0.864. The van der Waals surface area contributed by atoms with Gasteiger partial charge in [-0.2, -0.15) is 0 Å². The van der Waals surface area contributed by atoms with Crippen LogP contribution in [0.25, 0.3) is 0 Å². The minimum atomic E-state index is 0.677. The van der Waals surface area contributed by atoms with Gasteiger partial charge in [0.25, 0.3) is 0 Å². The lowest BCUT2D eigenvalue weighted by atomic mass is 9.71. The van der Waals surface area contributed by atoms with Crippen molar-refractivity contribution in [2.24, 2.45) is 17.6 Å². The molecule has 104 valence electrons. The summed E-state index contributed by atoms with van der Waals surface area (Å²) >= 11 is 0. The molecular formula is C17H26N2. The first kappa shape index (κ1) is 13.1. The average Bonchev–Trinajstić information content (AvgIpc) is 2.71. The zero-order chi connectivity index (χ0) is 13.1. The van der Waals surface area contributed by atoms with Crippen LogP contribution >= 0.6 is 0 Å². The second-order valence-corrected chi connectivity index (χ2v) is 6.34. The molecule has 0 bridgehead atoms. The lowest BCUT2D eigenvalue weighted by Crippen LogP contribution is -2.30. The first-order valence-corrected chi connectivity index (χ1v) is 8.04. The van der Waals surface area contributed by atoms with Gasteiger partial charge in [0.15, 0.2) is 0 Å². The number of rotatable bonds is 2. The molecule has 0 aliphatic heterocycles. The van der Waals surface area contributed by atoms with Crippen molar-refractivity contribution in [1.29, 1.82) is 0 Å². The van der Waals surface area contributed by atoms with Gasteiger partial charge in [0.05, 0.1) is 0 Å². The van der Waals surface area contributed by atoms with Crippen LogP contribution in [0.15, 0.2) is 18.3 Å². The maximum absolute atomic E-state index is 6.07. The van der Waals surface area contributed by atoms with Crippen molar-refractivity contribution in [2.45, 2.75) is 57.3 Å². The van der Waals surface area contributed by atoms with E-state index >= 15 is 0 Å². The minimum Gasteiger partial charge on any atom is -0.330 e. The van der Waals surface area contributed by atoms with Crippen LogP contribution in [-0.2, 0) is 6.42 Å². The second kappa shape index (κ2) is 6.04. The number of nitrogens with zero attached hydrogens (tertiary/aromatic N) is 1. The van der Waals surface area contributed by atoms with Gasteiger partial charge in [-0.15, -0.1) is 0 Å². The van der Waals surface area contributed by atoms with Crippen molar-refractivity contribution in [3.05, 3.63) is 29.6 Å². The first-order valence-electron chi connectivity index (χ1n) is 8.04. The molecule has 0 aromatic carbocycles. The standard InChI is InChI=1S/C17H26N2/c18-12-14-6-2-1-3-9-15(14)16-10-4-7-13-8-5-11-19-17(13)16/h5,8,11,14-16H,1-4,6-7,9-10,12,18H2. The van der Waals surface area contributed by atoms with E-state index in [-0.39, 0.29) is 0 Å². The van der Waals surface area contributed by atoms with E-state index in [1.807, 2.05) is 6.20 Å². The number of aryl methyl sites for hydroxylation is 1. The Morgan fingerprint density at radius 1 is 1.11 bits per heavy atom. The van der Waals surface area contributed by atoms with Crippen LogP contribution in [0, 0.1) is 11.8 Å². The Bertz CT molecular complexity index is 415. The highest BCUT2D eigenvalue weighted by atomic mass is 14.7. The molecule has 1 aromatic rings. The summed E-state index contributed by atoms with van der Waals surface area (Å²) in [6, 6.07) is 4.37. The molecule has 3 rings (SSSR count). The average molecular weight is 258 g/mol. The van der Waals surface area contributed by atoms with E-state index in [0.29, 0.717) is 5.92 Å². The van der Waals surface area contributed by atoms with Crippen LogP contribution in [0.2, 0.25) is 0 Å². The molecule has 0 spiro atoms. The predicted molar refractivity (Wildman–Crippen MR) is 79.0 cm³/mol. The van der Waals surface area contributed by atoms with E-state index < -0.39 is 0 Å². The lowest BCUT2D eigenvalue weighted by Gasteiger charge is -2.35. The molecule has 0 radical (unpaired) electrons. The van der Waals surface area contributed by atoms with E-state index in [9.17, 15) is 0 Å². The SMILES string of the molecule is NCC1CCCCCC1C1CCCc2cccnc21. The minimum absolute atomic E-state index is 0.677. The van der Waals surface area contributed by atoms with Gasteiger partial charge in [-0.3, -0.25) is 4.98 Å². The Hall–Kier alpha value is -0.890. The number of nitrogens with two attached hydrogens (primary N) is 1. The van der Waals surface area contributed by atoms with E-state index in [0.717, 1.165) is 18.4 Å². The summed E-state index contributed by atoms with van der Waals surface area (Å²) in [5.41, 5.74) is 8.97. The molecule has 2 nitrogen and oxygen atoms in total. The van der Waals surface area contributed by atoms with E-state index in [2.05, 4.69) is 12.1 Å². The van der Waals surface area contributed by atoms with Crippen molar-refractivity contribution in [3.8, 4) is 0 Å². The molecule has 2 aliphatic rings. The Balaban J connectivity index is 1.88. The van der Waals surface area contributed by atoms with Gasteiger partial charge >= 0.3 is 0 Å². The van der Waals surface area contributed by atoms with E-state index in [1.54, 1.807) is 0 Å². The molecular weight excluding hydrogens is 232 g/mol. The molecule has 1 aromatic heterocycles. The highest BCUT2D eigenvalue weighted by Gasteiger charge is 2.34. The summed E-state index contributed by atoms with van der Waals surface area (Å²) in [5, 5.41) is 0. The number of aromatic nitrogens is 1. The molecule has 2 heteroatoms. The number of fused-ring (bicyclic) bond motifs is 1. The fraction of sp³-hybridized carbons (Fsp3) is 0.706. The second-order valence-electron chi connectivity index (χ2n) is 6.34. The highest BCUT2D eigenvalue weighted by Crippen LogP contribution is 2.43. The zero-order valence-electron chi connectivity index (χ0n) is 11.9. The molecule has 3 atom stereocenters. The van der Waals surface area contributed by atoms with Crippen molar-refractivity contribution in [2.75, 3.05) is 6.54 Å². The normalized spacial score (nSPS) is 31.5. The molecule has 0 amide bonds. The van der Waals surface area contributed by atoms with Crippen molar-refractivity contribution < 1.29 is 0 Å². The summed E-state index contributed by atoms with van der Waals surface area (Å²) in [6.07, 6.45) is 12.7. The molecule has 2 N–H and O–H groups in total. The van der Waals surface area contributed by atoms with Gasteiger partial charge in [0.2, 0.25) is 0 Å². The first-order chi connectivity index (χ1) is 9.40. The van der Waals surface area contributed by atoms with Crippen molar-refractivity contribution in [3.63, 3.8) is 0 Å². The van der Waals surface area contributed by atoms with E-state index in [1.165, 1.54) is 62.6 Å². The fourth-order valence-electron chi connectivity index (χ4n) is 4.30. The molecule has 1 heterocycles. The number of pyridine rings is 1. The maximum atomic E-state index is 6.07. The van der Waals surface area contributed by atoms with Crippen LogP contribution in [0.4, 0.5) is 0 Å². The largest absolute Gasteiger partial charge is 0.330 e. The number of hydrogen-bond acceptors (Lipinski definition) is 2. The summed E-state index contributed by atoms with van der Waals surface area (Å²) in [7, 11) is 0. The topological polar surface area (TPSA) is 38.9 Å². The van der Waals surface area contributed by atoms with Crippen LogP contribution < -0.4 is 5.73 Å². The van der Waals surface area contributed by atoms with Crippen LogP contribution in [0.3, 0.4) is 0 Å². The third-order valence-electron chi connectivity index (χ3n) is 5.28. The van der Waals surface area contributed by atoms with Crippen molar-refractivity contribution in [1.82, 2.24) is 4.98 Å². The Morgan fingerprint density at radius 2 is 2.00 bits per heavy atom. The Labute approximate surface area is 116 Å². The summed E-state index contributed by atoms with van der Waals surface area (Å²) < 4.78 is 0. The van der Waals surface area contributed by atoms with Gasteiger partial charge in [0, 0.05) is 17.8 Å². The highest BCUT2D eigenvalue weighted by molar-refractivity contribution is 5.26. The Morgan fingerprint density at radius 3 is 2.89 bits per heavy atom. The van der Waals surface area contributed by atoms with Crippen molar-refractivity contribution >= 4 is 0 Å². The molecule has 2 aliphatic carbocycles. The third kappa shape index (κ3) is 2.69. The quantitative estimate of drug-likeness (QED) is 0.822. The van der Waals surface area contributed by atoms with Crippen LogP contribution in [0.5, 0.6) is 0 Å². The molecule has 0 saturated heterocycles. The maximum Gasteiger partial charge on any atom is 0.0469 e. The molecule has 19 heavy (non-hydrogen) atoms. The van der Waals surface area contributed by atoms with Gasteiger partial charge in [-0.1, -0.05) is 25.3 Å². The van der Waals surface area contributed by atoms with Gasteiger partial charge in [0.1, 0.15) is 0 Å². The smallest absolute Gasteiger partial charge is 0.0469 e. The molecule has 1 fully saturated rings. The summed E-state index contributed by atoms with van der Waals surface area (Å²) in [5.74, 6) is 2.18. The van der Waals surface area contributed by atoms with Gasteiger partial charge < -0.3 is 5.73 Å². The van der Waals surface area contributed by atoms with E-state index in [4.69, 9.17) is 10.7 Å². The monoisotopic (exact) mass is 258 g/mol. The number of hydrogen-bond donors (Lipinski definition) is 1. The summed E-state index contributed by atoms with van der Waals surface area (Å²) in [4.78, 5) is 4.73. The molecule has 1 saturated carbocycles. The van der Waals surface area contributed by atoms with Crippen LogP contribution in [0.1, 0.15) is 62.1 Å². The van der Waals surface area contributed by atoms with Gasteiger partial charge in [-0.05, 0) is 62.1 Å². The Kier molecular flexibility index (Phi) is 4.17. The predicted octanol–water partition coefficient (Wildman–Crippen LogP) is 3.66. The zero-order valence-corrected chi connectivity index (χ0v) is 11.9.